The van der Waals surface area contributed by atoms with Crippen molar-refractivity contribution >= 4 is 11.9 Å². The molecule has 0 radical (unpaired) electrons. The summed E-state index contributed by atoms with van der Waals surface area (Å²) < 4.78 is 0. The minimum atomic E-state index is -1.14. The number of aliphatic carboxylic acids is 1. The van der Waals surface area contributed by atoms with E-state index >= 15 is 0 Å². The lowest BCUT2D eigenvalue weighted by molar-refractivity contribution is -0.151. The van der Waals surface area contributed by atoms with Crippen molar-refractivity contribution in [3.8, 4) is 6.07 Å². The van der Waals surface area contributed by atoms with E-state index in [1.807, 2.05) is 6.07 Å². The molecule has 0 rings (SSSR count). The highest BCUT2D eigenvalue weighted by molar-refractivity contribution is 5.96. The number of nitrogens with zero attached hydrogens (tertiary/aromatic N) is 2. The van der Waals surface area contributed by atoms with Crippen LogP contribution in [0.1, 0.15) is 27.2 Å². The Bertz CT molecular complexity index is 281. The molecule has 0 aromatic rings. The Kier molecular flexibility index (Phi) is 5.39. The predicted molar refractivity (Wildman–Crippen MR) is 53.9 cm³/mol. The van der Waals surface area contributed by atoms with E-state index in [9.17, 15) is 9.59 Å². The molecule has 1 N–H and O–H groups in total. The second kappa shape index (κ2) is 6.02. The fourth-order valence-corrected chi connectivity index (χ4v) is 1.15. The summed E-state index contributed by atoms with van der Waals surface area (Å²) in [5.41, 5.74) is 0. The molecule has 0 saturated carbocycles. The number of hydrogen-bond acceptors (Lipinski definition) is 3. The zero-order chi connectivity index (χ0) is 12.0. The number of carboxylic acid groups (broad SMARTS) is 1. The number of hydrogen-bond donors (Lipinski definition) is 1. The fourth-order valence-electron chi connectivity index (χ4n) is 1.15. The van der Waals surface area contributed by atoms with Crippen molar-refractivity contribution in [2.24, 2.45) is 5.92 Å². The summed E-state index contributed by atoms with van der Waals surface area (Å²) in [5.74, 6) is -2.62. The highest BCUT2D eigenvalue weighted by Gasteiger charge is 2.27. The molecule has 0 saturated heterocycles. The highest BCUT2D eigenvalue weighted by atomic mass is 16.4. The first kappa shape index (κ1) is 13.4. The number of carbonyl (C=O) groups is 2. The molecule has 0 aliphatic heterocycles. The summed E-state index contributed by atoms with van der Waals surface area (Å²) in [6.45, 7) is 5.23. The summed E-state index contributed by atoms with van der Waals surface area (Å²) in [6.07, 6.45) is 0.219. The van der Waals surface area contributed by atoms with E-state index < -0.39 is 17.8 Å². The van der Waals surface area contributed by atoms with Crippen LogP contribution < -0.4 is 0 Å². The Morgan fingerprint density at radius 1 is 1.40 bits per heavy atom. The van der Waals surface area contributed by atoms with Gasteiger partial charge in [0, 0.05) is 12.6 Å². The molecule has 0 aromatic carbocycles. The van der Waals surface area contributed by atoms with Gasteiger partial charge in [-0.25, -0.2) is 0 Å². The summed E-state index contributed by atoms with van der Waals surface area (Å²) >= 11 is 0. The molecule has 84 valence electrons. The first-order valence-electron chi connectivity index (χ1n) is 4.82. The van der Waals surface area contributed by atoms with Crippen molar-refractivity contribution in [2.75, 3.05) is 6.54 Å². The summed E-state index contributed by atoms with van der Waals surface area (Å²) in [6, 6.07) is 1.84. The van der Waals surface area contributed by atoms with E-state index in [2.05, 4.69) is 0 Å². The van der Waals surface area contributed by atoms with Crippen LogP contribution in [0.5, 0.6) is 0 Å². The van der Waals surface area contributed by atoms with Gasteiger partial charge in [0.2, 0.25) is 5.91 Å². The van der Waals surface area contributed by atoms with Crippen molar-refractivity contribution in [2.45, 2.75) is 33.2 Å². The second-order valence-electron chi connectivity index (χ2n) is 3.59. The molecule has 0 aliphatic carbocycles. The number of carboxylic acids is 1. The van der Waals surface area contributed by atoms with Gasteiger partial charge in [0.1, 0.15) is 5.92 Å². The molecule has 1 atom stereocenters. The van der Waals surface area contributed by atoms with Gasteiger partial charge in [-0.15, -0.1) is 0 Å². The number of carbonyl (C=O) groups excluding carboxylic acids is 1. The van der Waals surface area contributed by atoms with E-state index in [-0.39, 0.29) is 19.0 Å². The van der Waals surface area contributed by atoms with E-state index in [1.165, 1.54) is 11.8 Å². The molecule has 0 spiro atoms. The topological polar surface area (TPSA) is 81.4 Å². The minimum Gasteiger partial charge on any atom is -0.481 e. The molecule has 0 aliphatic rings. The van der Waals surface area contributed by atoms with Crippen molar-refractivity contribution < 1.29 is 14.7 Å². The molecule has 1 amide bonds. The molecule has 15 heavy (non-hydrogen) atoms. The first-order chi connectivity index (χ1) is 6.91. The van der Waals surface area contributed by atoms with Crippen LogP contribution in [0.2, 0.25) is 0 Å². The predicted octanol–water partition coefficient (Wildman–Crippen LogP) is 0.858. The van der Waals surface area contributed by atoms with E-state index in [0.29, 0.717) is 0 Å². The van der Waals surface area contributed by atoms with Gasteiger partial charge in [-0.2, -0.15) is 5.26 Å². The van der Waals surface area contributed by atoms with Crippen LogP contribution in [0.15, 0.2) is 0 Å². The normalized spacial score (nSPS) is 11.9. The third kappa shape index (κ3) is 3.98. The van der Waals surface area contributed by atoms with Gasteiger partial charge in [0.25, 0.3) is 0 Å². The Morgan fingerprint density at radius 2 is 1.93 bits per heavy atom. The van der Waals surface area contributed by atoms with Crippen molar-refractivity contribution in [1.82, 2.24) is 4.90 Å². The lowest BCUT2D eigenvalue weighted by Crippen LogP contribution is -2.42. The number of amides is 1. The van der Waals surface area contributed by atoms with Gasteiger partial charge in [-0.3, -0.25) is 9.59 Å². The first-order valence-corrected chi connectivity index (χ1v) is 4.82. The van der Waals surface area contributed by atoms with Crippen LogP contribution in [0.3, 0.4) is 0 Å². The Labute approximate surface area is 89.3 Å². The minimum absolute atomic E-state index is 0.0901. The van der Waals surface area contributed by atoms with Crippen LogP contribution in [-0.4, -0.2) is 34.5 Å². The van der Waals surface area contributed by atoms with Crippen molar-refractivity contribution in [1.29, 1.82) is 5.26 Å². The highest BCUT2D eigenvalue weighted by Crippen LogP contribution is 2.08. The van der Waals surface area contributed by atoms with Crippen LogP contribution in [0.25, 0.3) is 0 Å². The largest absolute Gasteiger partial charge is 0.481 e. The van der Waals surface area contributed by atoms with E-state index in [0.717, 1.165) is 0 Å². The van der Waals surface area contributed by atoms with Crippen LogP contribution in [0.4, 0.5) is 0 Å². The summed E-state index contributed by atoms with van der Waals surface area (Å²) in [7, 11) is 0. The lowest BCUT2D eigenvalue weighted by atomic mass is 10.1. The molecule has 5 nitrogen and oxygen atoms in total. The standard InChI is InChI=1S/C10H16N2O3/c1-7(2)12(6-4-5-11)9(13)8(3)10(14)15/h7-8H,4,6H2,1-3H3,(H,14,15). The van der Waals surface area contributed by atoms with Gasteiger partial charge in [-0.1, -0.05) is 0 Å². The Hall–Kier alpha value is -1.57. The fraction of sp³-hybridized carbons (Fsp3) is 0.700. The molecule has 1 unspecified atom stereocenters. The second-order valence-corrected chi connectivity index (χ2v) is 3.59. The van der Waals surface area contributed by atoms with E-state index in [1.54, 1.807) is 13.8 Å². The van der Waals surface area contributed by atoms with Gasteiger partial charge >= 0.3 is 5.97 Å². The molecule has 5 heteroatoms. The molecule has 0 heterocycles. The van der Waals surface area contributed by atoms with Crippen molar-refractivity contribution in [3.05, 3.63) is 0 Å². The average Bonchev–Trinajstić information content (AvgIpc) is 2.16. The average molecular weight is 212 g/mol. The van der Waals surface area contributed by atoms with Crippen LogP contribution >= 0.6 is 0 Å². The molecular weight excluding hydrogens is 196 g/mol. The molecule has 0 bridgehead atoms. The van der Waals surface area contributed by atoms with Gasteiger partial charge in [0.05, 0.1) is 12.5 Å². The maximum Gasteiger partial charge on any atom is 0.315 e. The molecule has 0 fully saturated rings. The SMILES string of the molecule is CC(C(=O)O)C(=O)N(CCC#N)C(C)C. The molecular formula is C10H16N2O3. The summed E-state index contributed by atoms with van der Waals surface area (Å²) in [5, 5.41) is 17.1. The Morgan fingerprint density at radius 3 is 2.27 bits per heavy atom. The van der Waals surface area contributed by atoms with Crippen LogP contribution in [-0.2, 0) is 9.59 Å². The monoisotopic (exact) mass is 212 g/mol. The van der Waals surface area contributed by atoms with Gasteiger partial charge in [0.15, 0.2) is 0 Å². The quantitative estimate of drug-likeness (QED) is 0.685. The smallest absolute Gasteiger partial charge is 0.315 e. The van der Waals surface area contributed by atoms with Gasteiger partial charge in [-0.05, 0) is 20.8 Å². The zero-order valence-electron chi connectivity index (χ0n) is 9.23. The van der Waals surface area contributed by atoms with Gasteiger partial charge < -0.3 is 10.0 Å². The van der Waals surface area contributed by atoms with Crippen molar-refractivity contribution in [3.63, 3.8) is 0 Å². The van der Waals surface area contributed by atoms with Crippen LogP contribution in [0, 0.1) is 17.2 Å². The number of rotatable bonds is 5. The zero-order valence-corrected chi connectivity index (χ0v) is 9.23. The Balaban J connectivity index is 4.56. The maximum atomic E-state index is 11.7. The third-order valence-corrected chi connectivity index (χ3v) is 2.11. The van der Waals surface area contributed by atoms with E-state index in [4.69, 9.17) is 10.4 Å². The third-order valence-electron chi connectivity index (χ3n) is 2.11. The summed E-state index contributed by atoms with van der Waals surface area (Å²) in [4.78, 5) is 23.7. The maximum absolute atomic E-state index is 11.7. The lowest BCUT2D eigenvalue weighted by Gasteiger charge is -2.27. The number of nitriles is 1. The molecule has 0 aromatic heterocycles.